The van der Waals surface area contributed by atoms with Crippen molar-refractivity contribution in [2.24, 2.45) is 7.05 Å². The van der Waals surface area contributed by atoms with Crippen molar-refractivity contribution in [1.29, 1.82) is 0 Å². The highest BCUT2D eigenvalue weighted by Crippen LogP contribution is 2.34. The molecule has 1 aromatic heterocycles. The zero-order valence-electron chi connectivity index (χ0n) is 10.6. The zero-order chi connectivity index (χ0) is 12.5. The minimum atomic E-state index is -0.359. The molecule has 4 nitrogen and oxygen atoms in total. The average molecular weight is 243 g/mol. The van der Waals surface area contributed by atoms with Crippen LogP contribution in [0, 0.1) is 0 Å². The third-order valence-corrected chi connectivity index (χ3v) is 4.05. The molecule has 0 spiro atoms. The Morgan fingerprint density at radius 2 is 1.88 bits per heavy atom. The fraction of sp³-hybridized carbons (Fsp3) is 0.727. The van der Waals surface area contributed by atoms with Gasteiger partial charge in [-0.15, -0.1) is 0 Å². The van der Waals surface area contributed by atoms with Crippen LogP contribution in [0.4, 0.5) is 5.69 Å². The SMILES string of the molecule is CC(C)c1nn(C)c(SC(C)C(C)O)c1N. The normalized spacial score (nSPS) is 15.4. The maximum atomic E-state index is 9.49. The van der Waals surface area contributed by atoms with Crippen LogP contribution in [0.3, 0.4) is 0 Å². The molecule has 92 valence electrons. The molecule has 0 radical (unpaired) electrons. The van der Waals surface area contributed by atoms with Crippen molar-refractivity contribution in [3.8, 4) is 0 Å². The van der Waals surface area contributed by atoms with Crippen molar-refractivity contribution in [2.75, 3.05) is 5.73 Å². The van der Waals surface area contributed by atoms with Crippen LogP contribution in [0.25, 0.3) is 0 Å². The summed E-state index contributed by atoms with van der Waals surface area (Å²) in [6.45, 7) is 7.92. The standard InChI is InChI=1S/C11H21N3OS/c1-6(2)10-9(12)11(14(5)13-10)16-8(4)7(3)15/h6-8,15H,12H2,1-5H3. The number of nitrogens with zero attached hydrogens (tertiary/aromatic N) is 2. The van der Waals surface area contributed by atoms with E-state index in [1.165, 1.54) is 0 Å². The van der Waals surface area contributed by atoms with Crippen LogP contribution in [0.15, 0.2) is 5.03 Å². The summed E-state index contributed by atoms with van der Waals surface area (Å²) in [5, 5.41) is 15.0. The highest BCUT2D eigenvalue weighted by molar-refractivity contribution is 8.00. The van der Waals surface area contributed by atoms with Gasteiger partial charge in [0.05, 0.1) is 17.5 Å². The molecule has 0 aliphatic heterocycles. The van der Waals surface area contributed by atoms with Gasteiger partial charge in [0.25, 0.3) is 0 Å². The predicted octanol–water partition coefficient (Wildman–Crippen LogP) is 1.99. The Morgan fingerprint density at radius 3 is 2.25 bits per heavy atom. The van der Waals surface area contributed by atoms with Gasteiger partial charge in [-0.1, -0.05) is 32.5 Å². The van der Waals surface area contributed by atoms with Gasteiger partial charge >= 0.3 is 0 Å². The van der Waals surface area contributed by atoms with Crippen LogP contribution in [0.5, 0.6) is 0 Å². The van der Waals surface area contributed by atoms with E-state index in [0.717, 1.165) is 16.4 Å². The average Bonchev–Trinajstić information content (AvgIpc) is 2.45. The van der Waals surface area contributed by atoms with Crippen molar-refractivity contribution in [2.45, 2.75) is 50.0 Å². The summed E-state index contributed by atoms with van der Waals surface area (Å²) in [5.41, 5.74) is 7.75. The lowest BCUT2D eigenvalue weighted by molar-refractivity contribution is 0.196. The van der Waals surface area contributed by atoms with Crippen molar-refractivity contribution in [1.82, 2.24) is 9.78 Å². The van der Waals surface area contributed by atoms with Gasteiger partial charge in [-0.3, -0.25) is 4.68 Å². The Labute approximate surface area is 101 Å². The topological polar surface area (TPSA) is 64.1 Å². The lowest BCUT2D eigenvalue weighted by Crippen LogP contribution is -2.15. The maximum Gasteiger partial charge on any atom is 0.117 e. The summed E-state index contributed by atoms with van der Waals surface area (Å²) in [6.07, 6.45) is -0.359. The minimum absolute atomic E-state index is 0.109. The van der Waals surface area contributed by atoms with E-state index in [4.69, 9.17) is 5.73 Å². The number of hydrogen-bond donors (Lipinski definition) is 2. The monoisotopic (exact) mass is 243 g/mol. The number of aliphatic hydroxyl groups is 1. The fourth-order valence-corrected chi connectivity index (χ4v) is 2.36. The highest BCUT2D eigenvalue weighted by atomic mass is 32.2. The first-order chi connectivity index (χ1) is 7.34. The van der Waals surface area contributed by atoms with E-state index in [0.29, 0.717) is 5.92 Å². The van der Waals surface area contributed by atoms with Crippen LogP contribution >= 0.6 is 11.8 Å². The maximum absolute atomic E-state index is 9.49. The first-order valence-corrected chi connectivity index (χ1v) is 6.39. The van der Waals surface area contributed by atoms with Crippen molar-refractivity contribution in [3.05, 3.63) is 5.69 Å². The van der Waals surface area contributed by atoms with Gasteiger partial charge in [0.15, 0.2) is 0 Å². The smallest absolute Gasteiger partial charge is 0.117 e. The van der Waals surface area contributed by atoms with E-state index < -0.39 is 0 Å². The van der Waals surface area contributed by atoms with Gasteiger partial charge in [-0.05, 0) is 12.8 Å². The van der Waals surface area contributed by atoms with E-state index in [1.807, 2.05) is 14.0 Å². The summed E-state index contributed by atoms with van der Waals surface area (Å²) >= 11 is 1.57. The van der Waals surface area contributed by atoms with Crippen molar-refractivity contribution in [3.63, 3.8) is 0 Å². The second kappa shape index (κ2) is 5.10. The first-order valence-electron chi connectivity index (χ1n) is 5.51. The van der Waals surface area contributed by atoms with E-state index in [9.17, 15) is 5.11 Å². The molecule has 0 saturated heterocycles. The molecule has 0 bridgehead atoms. The summed E-state index contributed by atoms with van der Waals surface area (Å²) < 4.78 is 1.80. The molecule has 0 saturated carbocycles. The fourth-order valence-electron chi connectivity index (χ4n) is 1.39. The van der Waals surface area contributed by atoms with Gasteiger partial charge in [0, 0.05) is 12.3 Å². The third-order valence-electron chi connectivity index (χ3n) is 2.58. The second-order valence-electron chi connectivity index (χ2n) is 4.45. The van der Waals surface area contributed by atoms with Crippen LogP contribution in [-0.4, -0.2) is 26.2 Å². The molecule has 2 atom stereocenters. The molecular weight excluding hydrogens is 222 g/mol. The Morgan fingerprint density at radius 1 is 1.31 bits per heavy atom. The number of nitrogen functional groups attached to an aromatic ring is 1. The van der Waals surface area contributed by atoms with Crippen LogP contribution in [0.2, 0.25) is 0 Å². The summed E-state index contributed by atoms with van der Waals surface area (Å²) in [6, 6.07) is 0. The summed E-state index contributed by atoms with van der Waals surface area (Å²) in [4.78, 5) is 0. The zero-order valence-corrected chi connectivity index (χ0v) is 11.4. The second-order valence-corrected chi connectivity index (χ2v) is 5.81. The van der Waals surface area contributed by atoms with Crippen LogP contribution < -0.4 is 5.73 Å². The van der Waals surface area contributed by atoms with Crippen molar-refractivity contribution >= 4 is 17.4 Å². The molecular formula is C11H21N3OS. The Balaban J connectivity index is 2.96. The number of aryl methyl sites for hydroxylation is 1. The quantitative estimate of drug-likeness (QED) is 0.794. The highest BCUT2D eigenvalue weighted by Gasteiger charge is 2.20. The minimum Gasteiger partial charge on any atom is -0.395 e. The Hall–Kier alpha value is -0.680. The molecule has 0 amide bonds. The van der Waals surface area contributed by atoms with Crippen LogP contribution in [-0.2, 0) is 7.05 Å². The van der Waals surface area contributed by atoms with Crippen molar-refractivity contribution < 1.29 is 5.11 Å². The molecule has 5 heteroatoms. The summed E-state index contributed by atoms with van der Waals surface area (Å²) in [7, 11) is 1.89. The van der Waals surface area contributed by atoms with Crippen LogP contribution in [0.1, 0.15) is 39.3 Å². The van der Waals surface area contributed by atoms with Gasteiger partial charge < -0.3 is 10.8 Å². The number of anilines is 1. The van der Waals surface area contributed by atoms with E-state index in [-0.39, 0.29) is 11.4 Å². The molecule has 1 heterocycles. The molecule has 16 heavy (non-hydrogen) atoms. The number of aromatic nitrogens is 2. The van der Waals surface area contributed by atoms with E-state index >= 15 is 0 Å². The number of rotatable bonds is 4. The lowest BCUT2D eigenvalue weighted by atomic mass is 10.1. The van der Waals surface area contributed by atoms with Gasteiger partial charge in [-0.25, -0.2) is 0 Å². The molecule has 0 aliphatic rings. The van der Waals surface area contributed by atoms with E-state index in [2.05, 4.69) is 18.9 Å². The summed E-state index contributed by atoms with van der Waals surface area (Å²) in [5.74, 6) is 0.322. The molecule has 0 aromatic carbocycles. The predicted molar refractivity (Wildman–Crippen MR) is 68.7 cm³/mol. The molecule has 2 unspecified atom stereocenters. The Bertz CT molecular complexity index is 360. The molecule has 1 aromatic rings. The van der Waals surface area contributed by atoms with Gasteiger partial charge in [-0.2, -0.15) is 5.10 Å². The Kier molecular flexibility index (Phi) is 4.27. The first kappa shape index (κ1) is 13.4. The van der Waals surface area contributed by atoms with Gasteiger partial charge in [0.1, 0.15) is 5.03 Å². The molecule has 0 aliphatic carbocycles. The lowest BCUT2D eigenvalue weighted by Gasteiger charge is -2.14. The number of hydrogen-bond acceptors (Lipinski definition) is 4. The number of thioether (sulfide) groups is 1. The number of nitrogens with two attached hydrogens (primary N) is 1. The van der Waals surface area contributed by atoms with E-state index in [1.54, 1.807) is 23.4 Å². The largest absolute Gasteiger partial charge is 0.395 e. The molecule has 1 rings (SSSR count). The third kappa shape index (κ3) is 2.71. The van der Waals surface area contributed by atoms with Gasteiger partial charge in [0.2, 0.25) is 0 Å². The number of aliphatic hydroxyl groups excluding tert-OH is 1. The molecule has 0 fully saturated rings. The molecule has 3 N–H and O–H groups in total.